The van der Waals surface area contributed by atoms with Crippen LogP contribution in [-0.4, -0.2) is 67.5 Å². The van der Waals surface area contributed by atoms with Gasteiger partial charge in [0.15, 0.2) is 8.32 Å². The molecule has 2 atom stereocenters. The van der Waals surface area contributed by atoms with Crippen LogP contribution in [0.1, 0.15) is 31.2 Å². The molecule has 4 rings (SSSR count). The number of ether oxygens (including phenoxy) is 3. The second-order valence-electron chi connectivity index (χ2n) is 11.9. The number of nitrogens with zero attached hydrogens (tertiary/aromatic N) is 1. The molecule has 10 nitrogen and oxygen atoms in total. The fourth-order valence-corrected chi connectivity index (χ4v) is 7.18. The summed E-state index contributed by atoms with van der Waals surface area (Å²) in [5.41, 5.74) is 1.35. The molecular formula is C31H38N2O8S2Si. The van der Waals surface area contributed by atoms with Crippen molar-refractivity contribution in [2.45, 2.75) is 63.3 Å². The predicted octanol–water partition coefficient (Wildman–Crippen LogP) is 5.41. The normalized spacial score (nSPS) is 18.2. The zero-order valence-electron chi connectivity index (χ0n) is 25.5. The largest absolute Gasteiger partial charge is 0.514 e. The zero-order chi connectivity index (χ0) is 32.1. The number of hydrogen-bond acceptors (Lipinski definition) is 10. The minimum absolute atomic E-state index is 0.00300. The molecule has 0 bridgehead atoms. The Morgan fingerprint density at radius 2 is 1.84 bits per heavy atom. The van der Waals surface area contributed by atoms with Crippen LogP contribution in [-0.2, 0) is 41.3 Å². The Bertz CT molecular complexity index is 1420. The van der Waals surface area contributed by atoms with E-state index in [2.05, 4.69) is 45.8 Å². The summed E-state index contributed by atoms with van der Waals surface area (Å²) in [7, 11) is -1.90. The van der Waals surface area contributed by atoms with Crippen molar-refractivity contribution in [1.82, 2.24) is 10.2 Å². The number of hydrogen-bond donors (Lipinski definition) is 1. The van der Waals surface area contributed by atoms with E-state index in [0.717, 1.165) is 10.4 Å². The molecule has 2 amide bonds. The Morgan fingerprint density at radius 3 is 2.48 bits per heavy atom. The highest BCUT2D eigenvalue weighted by Crippen LogP contribution is 2.41. The van der Waals surface area contributed by atoms with Crippen LogP contribution in [0, 0.1) is 0 Å². The van der Waals surface area contributed by atoms with E-state index in [1.165, 1.54) is 34.1 Å². The highest BCUT2D eigenvalue weighted by Gasteiger charge is 2.54. The van der Waals surface area contributed by atoms with Crippen molar-refractivity contribution in [3.63, 3.8) is 0 Å². The molecule has 0 saturated carbocycles. The summed E-state index contributed by atoms with van der Waals surface area (Å²) in [6.45, 7) is 14.6. The van der Waals surface area contributed by atoms with Gasteiger partial charge in [-0.3, -0.25) is 14.5 Å². The molecule has 0 spiro atoms. The number of β-lactam (4-membered cyclic amide) rings is 1. The number of esters is 1. The lowest BCUT2D eigenvalue weighted by molar-refractivity contribution is -0.152. The first-order valence-corrected chi connectivity index (χ1v) is 19.0. The van der Waals surface area contributed by atoms with Crippen LogP contribution in [0.3, 0.4) is 0 Å². The molecule has 2 aliphatic heterocycles. The lowest BCUT2D eigenvalue weighted by atomic mass is 10.0. The second-order valence-corrected chi connectivity index (χ2v) is 18.8. The number of benzene rings is 1. The minimum Gasteiger partial charge on any atom is -0.457 e. The fraction of sp³-hybridized carbons (Fsp3) is 0.419. The number of carbonyl (C=O) groups is 4. The second kappa shape index (κ2) is 14.1. The van der Waals surface area contributed by atoms with Crippen LogP contribution in [0.5, 0.6) is 5.75 Å². The van der Waals surface area contributed by atoms with Gasteiger partial charge in [0, 0.05) is 16.2 Å². The average molecular weight is 659 g/mol. The molecule has 0 radical (unpaired) electrons. The first-order valence-electron chi connectivity index (χ1n) is 14.1. The fourth-order valence-electron chi connectivity index (χ4n) is 4.19. The maximum absolute atomic E-state index is 13.1. The van der Waals surface area contributed by atoms with Gasteiger partial charge in [-0.15, -0.1) is 23.1 Å². The van der Waals surface area contributed by atoms with E-state index < -0.39 is 37.8 Å². The first-order chi connectivity index (χ1) is 20.8. The van der Waals surface area contributed by atoms with E-state index in [1.807, 2.05) is 29.6 Å². The van der Waals surface area contributed by atoms with Crippen LogP contribution < -0.4 is 10.1 Å². The highest BCUT2D eigenvalue weighted by atomic mass is 32.2. The molecule has 1 saturated heterocycles. The van der Waals surface area contributed by atoms with Crippen LogP contribution in [0.15, 0.2) is 65.7 Å². The summed E-state index contributed by atoms with van der Waals surface area (Å²) in [6.07, 6.45) is 0.622. The molecule has 1 aromatic carbocycles. The van der Waals surface area contributed by atoms with Crippen LogP contribution >= 0.6 is 23.1 Å². The number of thioether (sulfide) groups is 1. The van der Waals surface area contributed by atoms with Gasteiger partial charge >= 0.3 is 12.1 Å². The molecule has 1 aromatic heterocycles. The third-order valence-electron chi connectivity index (χ3n) is 7.70. The number of nitrogens with one attached hydrogen (secondary N) is 1. The summed E-state index contributed by atoms with van der Waals surface area (Å²) < 4.78 is 22.1. The Labute approximate surface area is 266 Å². The van der Waals surface area contributed by atoms with Crippen LogP contribution in [0.25, 0.3) is 0 Å². The molecule has 236 valence electrons. The van der Waals surface area contributed by atoms with Crippen molar-refractivity contribution >= 4 is 55.4 Å². The third-order valence-corrected chi connectivity index (χ3v) is 14.4. The molecule has 0 unspecified atom stereocenters. The van der Waals surface area contributed by atoms with Gasteiger partial charge in [0.2, 0.25) is 5.91 Å². The molecule has 2 aromatic rings. The van der Waals surface area contributed by atoms with Gasteiger partial charge in [-0.25, -0.2) is 9.59 Å². The van der Waals surface area contributed by atoms with Gasteiger partial charge in [0.1, 0.15) is 36.1 Å². The first kappa shape index (κ1) is 33.5. The molecule has 3 heterocycles. The number of carbonyl (C=O) groups excluding carboxylic acids is 4. The van der Waals surface area contributed by atoms with Crippen LogP contribution in [0.4, 0.5) is 4.79 Å². The van der Waals surface area contributed by atoms with Crippen molar-refractivity contribution in [3.8, 4) is 5.75 Å². The maximum Gasteiger partial charge on any atom is 0.514 e. The molecular weight excluding hydrogens is 621 g/mol. The van der Waals surface area contributed by atoms with Gasteiger partial charge in [-0.2, -0.15) is 0 Å². The molecule has 1 N–H and O–H groups in total. The van der Waals surface area contributed by atoms with Crippen molar-refractivity contribution in [2.24, 2.45) is 0 Å². The van der Waals surface area contributed by atoms with Gasteiger partial charge < -0.3 is 24.0 Å². The number of fused-ring (bicyclic) bond motifs is 1. The number of thiophene rings is 1. The Morgan fingerprint density at radius 1 is 1.11 bits per heavy atom. The summed E-state index contributed by atoms with van der Waals surface area (Å²) in [6, 6.07) is 9.91. The zero-order valence-corrected chi connectivity index (χ0v) is 28.2. The highest BCUT2D eigenvalue weighted by molar-refractivity contribution is 8.00. The number of rotatable bonds is 12. The predicted molar refractivity (Wildman–Crippen MR) is 172 cm³/mol. The van der Waals surface area contributed by atoms with Gasteiger partial charge in [0.25, 0.3) is 5.91 Å². The van der Waals surface area contributed by atoms with E-state index in [-0.39, 0.29) is 42.0 Å². The summed E-state index contributed by atoms with van der Waals surface area (Å²) >= 11 is 2.82. The van der Waals surface area contributed by atoms with Gasteiger partial charge in [-0.1, -0.05) is 51.6 Å². The Hall–Kier alpha value is -3.39. The topological polar surface area (TPSA) is 120 Å². The lowest BCUT2D eigenvalue weighted by Gasteiger charge is -2.49. The third kappa shape index (κ3) is 8.00. The van der Waals surface area contributed by atoms with Crippen molar-refractivity contribution < 1.29 is 37.8 Å². The molecule has 2 aliphatic rings. The summed E-state index contributed by atoms with van der Waals surface area (Å²) in [5.74, 6) is -0.887. The van der Waals surface area contributed by atoms with Crippen LogP contribution in [0.2, 0.25) is 18.1 Å². The summed E-state index contributed by atoms with van der Waals surface area (Å²) in [5, 5.41) is 4.26. The van der Waals surface area contributed by atoms with Crippen molar-refractivity contribution in [2.75, 3.05) is 19.0 Å². The quantitative estimate of drug-likeness (QED) is 0.105. The van der Waals surface area contributed by atoms with E-state index in [4.69, 9.17) is 18.6 Å². The van der Waals surface area contributed by atoms with Gasteiger partial charge in [0.05, 0.1) is 13.0 Å². The summed E-state index contributed by atoms with van der Waals surface area (Å²) in [4.78, 5) is 53.4. The number of amides is 2. The molecule has 13 heteroatoms. The Kier molecular flexibility index (Phi) is 10.8. The monoisotopic (exact) mass is 658 g/mol. The minimum atomic E-state index is -1.90. The smallest absolute Gasteiger partial charge is 0.457 e. The SMILES string of the molecule is C=CCOC(=O)C1=C(COC(=O)Oc2ccc(CO[Si](C)(C)C(C)(C)C)cc2)CS[C@@H]2[C@H](NC(=O)Cc3cccs3)C(=O)N12. The lowest BCUT2D eigenvalue weighted by Crippen LogP contribution is -2.70. The van der Waals surface area contributed by atoms with Crippen molar-refractivity contribution in [3.05, 3.63) is 76.1 Å². The molecule has 0 aliphatic carbocycles. The molecule has 1 fully saturated rings. The van der Waals surface area contributed by atoms with E-state index >= 15 is 0 Å². The molecule has 44 heavy (non-hydrogen) atoms. The maximum atomic E-state index is 13.1. The van der Waals surface area contributed by atoms with Gasteiger partial charge in [-0.05, 0) is 47.3 Å². The van der Waals surface area contributed by atoms with Crippen molar-refractivity contribution in [1.29, 1.82) is 0 Å². The van der Waals surface area contributed by atoms with E-state index in [9.17, 15) is 19.2 Å². The standard InChI is InChI=1S/C31H38N2O8S2Si/c1-7-14-38-29(36)26-21(19-43-28-25(27(35)33(26)28)32-24(34)16-23-9-8-15-42-23)18-39-30(37)41-22-12-10-20(11-13-22)17-40-44(5,6)31(2,3)4/h7-13,15,25,28H,1,14,16-19H2,2-6H3,(H,32,34)/t25-,28-/m1/s1. The average Bonchev–Trinajstić information content (AvgIpc) is 3.49. The Balaban J connectivity index is 1.36. The van der Waals surface area contributed by atoms with E-state index in [0.29, 0.717) is 17.9 Å². The van der Waals surface area contributed by atoms with E-state index in [1.54, 1.807) is 12.1 Å².